The predicted molar refractivity (Wildman–Crippen MR) is 97.4 cm³/mol. The molecule has 1 amide bonds. The molecule has 1 heterocycles. The van der Waals surface area contributed by atoms with E-state index in [1.807, 2.05) is 6.92 Å². The second-order valence-electron chi connectivity index (χ2n) is 5.78. The number of carbonyl (C=O) groups excluding carboxylic acids is 1. The lowest BCUT2D eigenvalue weighted by molar-refractivity contribution is -0.121. The van der Waals surface area contributed by atoms with Crippen molar-refractivity contribution in [2.45, 2.75) is 63.8 Å². The lowest BCUT2D eigenvalue weighted by Crippen LogP contribution is -2.31. The summed E-state index contributed by atoms with van der Waals surface area (Å²) in [5.74, 6) is 0.700. The van der Waals surface area contributed by atoms with Crippen molar-refractivity contribution >= 4 is 42.1 Å². The van der Waals surface area contributed by atoms with Gasteiger partial charge in [-0.2, -0.15) is 0 Å². The average molecular weight is 368 g/mol. The molecule has 1 aliphatic carbocycles. The largest absolute Gasteiger partial charge is 0.356 e. The van der Waals surface area contributed by atoms with Crippen molar-refractivity contribution in [1.29, 1.82) is 0 Å². The zero-order valence-electron chi connectivity index (χ0n) is 13.0. The van der Waals surface area contributed by atoms with Crippen molar-refractivity contribution in [1.82, 2.24) is 10.3 Å². The van der Waals surface area contributed by atoms with E-state index >= 15 is 0 Å². The minimum Gasteiger partial charge on any atom is -0.356 e. The topological polar surface area (TPSA) is 68.0 Å². The van der Waals surface area contributed by atoms with Crippen LogP contribution in [0, 0.1) is 0 Å². The van der Waals surface area contributed by atoms with E-state index < -0.39 is 0 Å². The molecule has 1 aromatic heterocycles. The third kappa shape index (κ3) is 7.27. The van der Waals surface area contributed by atoms with Crippen LogP contribution < -0.4 is 11.1 Å². The molecular weight excluding hydrogens is 341 g/mol. The van der Waals surface area contributed by atoms with E-state index in [1.165, 1.54) is 37.8 Å². The van der Waals surface area contributed by atoms with Crippen LogP contribution in [0.2, 0.25) is 0 Å². The lowest BCUT2D eigenvalue weighted by Gasteiger charge is -2.19. The number of thiazole rings is 1. The monoisotopic (exact) mass is 367 g/mol. The number of rotatable bonds is 6. The first-order valence-electron chi connectivity index (χ1n) is 7.61. The van der Waals surface area contributed by atoms with E-state index in [4.69, 9.17) is 10.7 Å². The number of carbonyl (C=O) groups is 1. The summed E-state index contributed by atoms with van der Waals surface area (Å²) >= 11 is 1.72. The second kappa shape index (κ2) is 11.2. The Balaban J connectivity index is 0.00000220. The summed E-state index contributed by atoms with van der Waals surface area (Å²) in [6.07, 6.45) is 7.84. The van der Waals surface area contributed by atoms with Crippen molar-refractivity contribution in [2.24, 2.45) is 5.73 Å². The molecule has 0 saturated heterocycles. The highest BCUT2D eigenvalue weighted by Gasteiger charge is 2.18. The van der Waals surface area contributed by atoms with Gasteiger partial charge >= 0.3 is 0 Å². The van der Waals surface area contributed by atoms with Crippen LogP contribution in [0.1, 0.15) is 62.1 Å². The van der Waals surface area contributed by atoms with E-state index in [9.17, 15) is 4.79 Å². The molecule has 0 aromatic carbocycles. The molecular formula is C15H27Cl2N3OS. The number of aromatic nitrogens is 1. The summed E-state index contributed by atoms with van der Waals surface area (Å²) in [6.45, 7) is 2.50. The number of amides is 1. The maximum atomic E-state index is 11.5. The maximum absolute atomic E-state index is 11.5. The van der Waals surface area contributed by atoms with Gasteiger partial charge in [0, 0.05) is 36.7 Å². The zero-order chi connectivity index (χ0) is 14.4. The minimum absolute atomic E-state index is 0. The van der Waals surface area contributed by atoms with Crippen molar-refractivity contribution in [3.05, 3.63) is 16.1 Å². The number of nitrogens with two attached hydrogens (primary N) is 1. The first kappa shape index (κ1) is 21.6. The molecule has 1 aromatic rings. The van der Waals surface area contributed by atoms with Gasteiger partial charge in [-0.3, -0.25) is 4.79 Å². The molecule has 128 valence electrons. The van der Waals surface area contributed by atoms with Crippen LogP contribution in [0.25, 0.3) is 0 Å². The summed E-state index contributed by atoms with van der Waals surface area (Å²) < 4.78 is 0. The standard InChI is InChI=1S/C15H25N3OS.2ClH/c1-11(16)9-14(19)17-8-7-15-18-13(10-20-15)12-5-3-2-4-6-12;;/h10-12H,2-9,16H2,1H3,(H,17,19);2*1H. The summed E-state index contributed by atoms with van der Waals surface area (Å²) in [6, 6.07) is -0.0761. The van der Waals surface area contributed by atoms with Crippen LogP contribution in [-0.4, -0.2) is 23.5 Å². The van der Waals surface area contributed by atoms with Crippen molar-refractivity contribution < 1.29 is 4.79 Å². The van der Waals surface area contributed by atoms with Gasteiger partial charge in [0.05, 0.1) is 10.7 Å². The van der Waals surface area contributed by atoms with Gasteiger partial charge in [-0.25, -0.2) is 4.98 Å². The van der Waals surface area contributed by atoms with Crippen LogP contribution in [0.3, 0.4) is 0 Å². The predicted octanol–water partition coefficient (Wildman–Crippen LogP) is 3.43. The van der Waals surface area contributed by atoms with Gasteiger partial charge in [0.2, 0.25) is 5.91 Å². The molecule has 0 spiro atoms. The Morgan fingerprint density at radius 3 is 2.73 bits per heavy atom. The van der Waals surface area contributed by atoms with Gasteiger partial charge in [0.15, 0.2) is 0 Å². The van der Waals surface area contributed by atoms with Gasteiger partial charge in [0.1, 0.15) is 0 Å². The molecule has 0 aliphatic heterocycles. The first-order chi connectivity index (χ1) is 9.65. The molecule has 1 fully saturated rings. The summed E-state index contributed by atoms with van der Waals surface area (Å²) in [5, 5.41) is 6.23. The van der Waals surface area contributed by atoms with Gasteiger partial charge in [-0.15, -0.1) is 36.2 Å². The lowest BCUT2D eigenvalue weighted by atomic mass is 9.87. The van der Waals surface area contributed by atoms with Gasteiger partial charge in [-0.05, 0) is 19.8 Å². The Morgan fingerprint density at radius 1 is 1.41 bits per heavy atom. The molecule has 3 N–H and O–H groups in total. The molecule has 2 rings (SSSR count). The van der Waals surface area contributed by atoms with Crippen LogP contribution in [0.4, 0.5) is 0 Å². The molecule has 1 saturated carbocycles. The smallest absolute Gasteiger partial charge is 0.221 e. The highest BCUT2D eigenvalue weighted by molar-refractivity contribution is 7.09. The third-order valence-electron chi connectivity index (χ3n) is 3.76. The molecule has 1 aliphatic rings. The quantitative estimate of drug-likeness (QED) is 0.808. The molecule has 1 unspecified atom stereocenters. The Kier molecular flexibility index (Phi) is 11.0. The van der Waals surface area contributed by atoms with Crippen molar-refractivity contribution in [2.75, 3.05) is 6.54 Å². The van der Waals surface area contributed by atoms with E-state index in [2.05, 4.69) is 10.7 Å². The molecule has 7 heteroatoms. The first-order valence-corrected chi connectivity index (χ1v) is 8.49. The second-order valence-corrected chi connectivity index (χ2v) is 6.73. The molecule has 0 bridgehead atoms. The normalized spacial score (nSPS) is 16.3. The van der Waals surface area contributed by atoms with Crippen molar-refractivity contribution in [3.63, 3.8) is 0 Å². The minimum atomic E-state index is -0.0761. The number of halogens is 2. The van der Waals surface area contributed by atoms with Crippen LogP contribution >= 0.6 is 36.2 Å². The van der Waals surface area contributed by atoms with E-state index in [0.717, 1.165) is 11.4 Å². The zero-order valence-corrected chi connectivity index (χ0v) is 15.5. The number of hydrogen-bond donors (Lipinski definition) is 2. The number of nitrogens with one attached hydrogen (secondary N) is 1. The average Bonchev–Trinajstić information content (AvgIpc) is 2.88. The van der Waals surface area contributed by atoms with Gasteiger partial charge in [0.25, 0.3) is 0 Å². The van der Waals surface area contributed by atoms with E-state index in [0.29, 0.717) is 18.9 Å². The Labute approximate surface area is 149 Å². The highest BCUT2D eigenvalue weighted by atomic mass is 35.5. The fraction of sp³-hybridized carbons (Fsp3) is 0.733. The van der Waals surface area contributed by atoms with Crippen molar-refractivity contribution in [3.8, 4) is 0 Å². The summed E-state index contributed by atoms with van der Waals surface area (Å²) in [7, 11) is 0. The SMILES string of the molecule is CC(N)CC(=O)NCCc1nc(C2CCCCC2)cs1.Cl.Cl. The number of nitrogens with zero attached hydrogens (tertiary/aromatic N) is 1. The number of hydrogen-bond acceptors (Lipinski definition) is 4. The molecule has 1 atom stereocenters. The van der Waals surface area contributed by atoms with Crippen LogP contribution in [0.15, 0.2) is 5.38 Å². The summed E-state index contributed by atoms with van der Waals surface area (Å²) in [5.41, 5.74) is 6.86. The van der Waals surface area contributed by atoms with Gasteiger partial charge in [-0.1, -0.05) is 19.3 Å². The fourth-order valence-corrected chi connectivity index (χ4v) is 3.58. The van der Waals surface area contributed by atoms with Crippen LogP contribution in [-0.2, 0) is 11.2 Å². The highest BCUT2D eigenvalue weighted by Crippen LogP contribution is 2.32. The van der Waals surface area contributed by atoms with E-state index in [-0.39, 0.29) is 36.8 Å². The third-order valence-corrected chi connectivity index (χ3v) is 4.69. The Bertz CT molecular complexity index is 434. The Morgan fingerprint density at radius 2 is 2.09 bits per heavy atom. The fourth-order valence-electron chi connectivity index (χ4n) is 2.70. The Hall–Kier alpha value is -0.360. The van der Waals surface area contributed by atoms with E-state index in [1.54, 1.807) is 11.3 Å². The summed E-state index contributed by atoms with van der Waals surface area (Å²) in [4.78, 5) is 16.2. The molecule has 4 nitrogen and oxygen atoms in total. The molecule has 0 radical (unpaired) electrons. The van der Waals surface area contributed by atoms with Gasteiger partial charge < -0.3 is 11.1 Å². The molecule has 22 heavy (non-hydrogen) atoms. The van der Waals surface area contributed by atoms with Crippen LogP contribution in [0.5, 0.6) is 0 Å². The maximum Gasteiger partial charge on any atom is 0.221 e.